The molecule has 3 rings (SSSR count). The van der Waals surface area contributed by atoms with Gasteiger partial charge in [0.15, 0.2) is 5.82 Å². The highest BCUT2D eigenvalue weighted by Crippen LogP contribution is 2.30. The summed E-state index contributed by atoms with van der Waals surface area (Å²) in [6.07, 6.45) is 0. The van der Waals surface area contributed by atoms with Gasteiger partial charge in [0.05, 0.1) is 0 Å². The molecule has 0 aliphatic rings. The summed E-state index contributed by atoms with van der Waals surface area (Å²) in [5.74, 6) is -0.320. The fourth-order valence-electron chi connectivity index (χ4n) is 1.84. The Morgan fingerprint density at radius 1 is 0.895 bits per heavy atom. The standard InChI is InChI=1S/C15H9ClFNO/c16-12-8-6-10(7-9-12)14-13(17)15(19-18-14)11-4-2-1-3-5-11/h1-9H. The third-order valence-electron chi connectivity index (χ3n) is 2.79. The van der Waals surface area contributed by atoms with Crippen LogP contribution in [0.2, 0.25) is 5.02 Å². The molecule has 0 spiro atoms. The van der Waals surface area contributed by atoms with Gasteiger partial charge < -0.3 is 4.52 Å². The van der Waals surface area contributed by atoms with Crippen molar-refractivity contribution in [2.45, 2.75) is 0 Å². The van der Waals surface area contributed by atoms with E-state index in [-0.39, 0.29) is 11.5 Å². The quantitative estimate of drug-likeness (QED) is 0.670. The minimum atomic E-state index is -0.464. The van der Waals surface area contributed by atoms with E-state index in [9.17, 15) is 4.39 Å². The highest BCUT2D eigenvalue weighted by Gasteiger charge is 2.18. The average molecular weight is 274 g/mol. The predicted molar refractivity (Wildman–Crippen MR) is 72.3 cm³/mol. The summed E-state index contributed by atoms with van der Waals surface area (Å²) < 4.78 is 19.4. The number of nitrogens with zero attached hydrogens (tertiary/aromatic N) is 1. The minimum Gasteiger partial charge on any atom is -0.352 e. The zero-order valence-corrected chi connectivity index (χ0v) is 10.6. The number of hydrogen-bond donors (Lipinski definition) is 0. The number of rotatable bonds is 2. The van der Waals surface area contributed by atoms with E-state index in [1.807, 2.05) is 18.2 Å². The summed E-state index contributed by atoms with van der Waals surface area (Å²) in [6.45, 7) is 0. The van der Waals surface area contributed by atoms with E-state index in [2.05, 4.69) is 5.16 Å². The van der Waals surface area contributed by atoms with Crippen molar-refractivity contribution in [1.29, 1.82) is 0 Å². The van der Waals surface area contributed by atoms with Gasteiger partial charge in [-0.3, -0.25) is 0 Å². The van der Waals surface area contributed by atoms with Crippen molar-refractivity contribution < 1.29 is 8.91 Å². The van der Waals surface area contributed by atoms with Crippen LogP contribution < -0.4 is 0 Å². The molecule has 0 N–H and O–H groups in total. The molecule has 0 saturated carbocycles. The predicted octanol–water partition coefficient (Wildman–Crippen LogP) is 4.80. The Morgan fingerprint density at radius 2 is 1.58 bits per heavy atom. The molecular weight excluding hydrogens is 265 g/mol. The van der Waals surface area contributed by atoms with Gasteiger partial charge >= 0.3 is 0 Å². The molecule has 0 aliphatic carbocycles. The molecule has 2 nitrogen and oxygen atoms in total. The second-order valence-electron chi connectivity index (χ2n) is 4.05. The summed E-state index contributed by atoms with van der Waals surface area (Å²) in [5.41, 5.74) is 1.48. The van der Waals surface area contributed by atoms with Gasteiger partial charge in [0.2, 0.25) is 5.76 Å². The fourth-order valence-corrected chi connectivity index (χ4v) is 1.96. The number of benzene rings is 2. The maximum atomic E-state index is 14.3. The van der Waals surface area contributed by atoms with Crippen LogP contribution in [-0.2, 0) is 0 Å². The molecule has 0 atom stereocenters. The van der Waals surface area contributed by atoms with Gasteiger partial charge in [-0.15, -0.1) is 0 Å². The Labute approximate surface area is 114 Å². The number of hydrogen-bond acceptors (Lipinski definition) is 2. The van der Waals surface area contributed by atoms with Gasteiger partial charge in [-0.1, -0.05) is 59.2 Å². The van der Waals surface area contributed by atoms with Crippen LogP contribution in [0.25, 0.3) is 22.6 Å². The molecule has 19 heavy (non-hydrogen) atoms. The van der Waals surface area contributed by atoms with Crippen LogP contribution in [0.5, 0.6) is 0 Å². The lowest BCUT2D eigenvalue weighted by Crippen LogP contribution is -1.82. The molecule has 0 aliphatic heterocycles. The van der Waals surface area contributed by atoms with Gasteiger partial charge in [-0.25, -0.2) is 4.39 Å². The Morgan fingerprint density at radius 3 is 2.26 bits per heavy atom. The SMILES string of the molecule is Fc1c(-c2ccc(Cl)cc2)noc1-c1ccccc1. The van der Waals surface area contributed by atoms with Crippen molar-refractivity contribution in [2.24, 2.45) is 0 Å². The first-order valence-corrected chi connectivity index (χ1v) is 6.10. The largest absolute Gasteiger partial charge is 0.352 e. The van der Waals surface area contributed by atoms with E-state index in [0.29, 0.717) is 16.1 Å². The van der Waals surface area contributed by atoms with Crippen LogP contribution >= 0.6 is 11.6 Å². The first-order valence-electron chi connectivity index (χ1n) is 5.72. The molecule has 0 unspecified atom stereocenters. The summed E-state index contributed by atoms with van der Waals surface area (Å²) in [6, 6.07) is 15.8. The molecule has 4 heteroatoms. The highest BCUT2D eigenvalue weighted by molar-refractivity contribution is 6.30. The van der Waals surface area contributed by atoms with E-state index in [1.165, 1.54) is 0 Å². The summed E-state index contributed by atoms with van der Waals surface area (Å²) in [4.78, 5) is 0. The Bertz CT molecular complexity index is 692. The number of aromatic nitrogens is 1. The van der Waals surface area contributed by atoms with Crippen molar-refractivity contribution in [1.82, 2.24) is 5.16 Å². The van der Waals surface area contributed by atoms with Gasteiger partial charge in [0.25, 0.3) is 0 Å². The molecule has 0 amide bonds. The third kappa shape index (κ3) is 2.25. The van der Waals surface area contributed by atoms with Crippen LogP contribution in [0.3, 0.4) is 0 Å². The molecule has 0 bridgehead atoms. The van der Waals surface area contributed by atoms with Crippen molar-refractivity contribution in [3.63, 3.8) is 0 Å². The molecule has 0 radical (unpaired) electrons. The smallest absolute Gasteiger partial charge is 0.203 e. The van der Waals surface area contributed by atoms with Crippen LogP contribution in [0, 0.1) is 5.82 Å². The lowest BCUT2D eigenvalue weighted by atomic mass is 10.1. The van der Waals surface area contributed by atoms with Crippen molar-refractivity contribution in [3.8, 4) is 22.6 Å². The lowest BCUT2D eigenvalue weighted by Gasteiger charge is -1.96. The Balaban J connectivity index is 2.06. The molecule has 1 heterocycles. The summed E-state index contributed by atoms with van der Waals surface area (Å²) >= 11 is 5.80. The first kappa shape index (κ1) is 11.9. The average Bonchev–Trinajstić information content (AvgIpc) is 2.83. The van der Waals surface area contributed by atoms with Crippen LogP contribution in [0.1, 0.15) is 0 Å². The molecular formula is C15H9ClFNO. The lowest BCUT2D eigenvalue weighted by molar-refractivity contribution is 0.429. The molecule has 3 aromatic rings. The van der Waals surface area contributed by atoms with Crippen molar-refractivity contribution in [2.75, 3.05) is 0 Å². The van der Waals surface area contributed by atoms with E-state index < -0.39 is 5.82 Å². The maximum absolute atomic E-state index is 14.3. The molecule has 1 aromatic heterocycles. The zero-order chi connectivity index (χ0) is 13.2. The number of halogens is 2. The molecule has 2 aromatic carbocycles. The normalized spacial score (nSPS) is 10.6. The van der Waals surface area contributed by atoms with Gasteiger partial charge in [0.1, 0.15) is 5.69 Å². The van der Waals surface area contributed by atoms with Crippen LogP contribution in [0.15, 0.2) is 59.1 Å². The minimum absolute atomic E-state index is 0.144. The first-order chi connectivity index (χ1) is 9.25. The van der Waals surface area contributed by atoms with E-state index >= 15 is 0 Å². The third-order valence-corrected chi connectivity index (χ3v) is 3.04. The van der Waals surface area contributed by atoms with Crippen LogP contribution in [0.4, 0.5) is 4.39 Å². The molecule has 0 fully saturated rings. The van der Waals surface area contributed by atoms with Gasteiger partial charge in [-0.05, 0) is 12.1 Å². The molecule has 94 valence electrons. The van der Waals surface area contributed by atoms with E-state index in [0.717, 1.165) is 0 Å². The van der Waals surface area contributed by atoms with E-state index in [4.69, 9.17) is 16.1 Å². The second-order valence-corrected chi connectivity index (χ2v) is 4.48. The molecule has 0 saturated heterocycles. The van der Waals surface area contributed by atoms with Gasteiger partial charge in [0, 0.05) is 16.1 Å². The second kappa shape index (κ2) is 4.86. The van der Waals surface area contributed by atoms with Crippen molar-refractivity contribution in [3.05, 3.63) is 65.4 Å². The van der Waals surface area contributed by atoms with Crippen LogP contribution in [-0.4, -0.2) is 5.16 Å². The topological polar surface area (TPSA) is 26.0 Å². The maximum Gasteiger partial charge on any atom is 0.203 e. The Hall–Kier alpha value is -2.13. The van der Waals surface area contributed by atoms with Gasteiger partial charge in [-0.2, -0.15) is 0 Å². The highest BCUT2D eigenvalue weighted by atomic mass is 35.5. The monoisotopic (exact) mass is 273 g/mol. The fraction of sp³-hybridized carbons (Fsp3) is 0. The summed E-state index contributed by atoms with van der Waals surface area (Å²) in [7, 11) is 0. The Kier molecular flexibility index (Phi) is 3.05. The van der Waals surface area contributed by atoms with Crippen molar-refractivity contribution >= 4 is 11.6 Å². The zero-order valence-electron chi connectivity index (χ0n) is 9.81. The van der Waals surface area contributed by atoms with E-state index in [1.54, 1.807) is 36.4 Å². The summed E-state index contributed by atoms with van der Waals surface area (Å²) in [5, 5.41) is 4.39.